The molecule has 8 N–H and O–H groups in total. The molecule has 6 fully saturated rings. The quantitative estimate of drug-likeness (QED) is 0.0488. The second kappa shape index (κ2) is 29.4. The molecule has 10 rings (SSSR count). The van der Waals surface area contributed by atoms with Crippen molar-refractivity contribution in [3.05, 3.63) is 119 Å². The van der Waals surface area contributed by atoms with Crippen LogP contribution in [0.2, 0.25) is 0 Å². The van der Waals surface area contributed by atoms with E-state index in [1.807, 2.05) is 36.4 Å². The van der Waals surface area contributed by atoms with Crippen molar-refractivity contribution in [1.82, 2.24) is 0 Å². The second-order valence-electron chi connectivity index (χ2n) is 29.5. The van der Waals surface area contributed by atoms with E-state index in [1.165, 1.54) is 142 Å². The van der Waals surface area contributed by atoms with Gasteiger partial charge >= 0.3 is 11.6 Å². The van der Waals surface area contributed by atoms with Crippen molar-refractivity contribution in [1.29, 1.82) is 0 Å². The SMILES string of the molecule is C/C(O)=C/C(=[OH+])c1ccccc1.C/C(O)=C/C(=[OH+])c1ccccc1.CC(C)CCCC(C)C1CCC2C3CC=C4CC([OH2+])CCC4(C)C3CCC12C.CC(C)CCCC(C)C1CCC2C3CC=C4CC([OH2+])CCC4(C)C3CCC12C.[Ti]. The Kier molecular flexibility index (Phi) is 24.3. The van der Waals surface area contributed by atoms with E-state index < -0.39 is 0 Å². The van der Waals surface area contributed by atoms with Crippen molar-refractivity contribution in [3.8, 4) is 0 Å². The van der Waals surface area contributed by atoms with Gasteiger partial charge in [0, 0.05) is 47.4 Å². The van der Waals surface area contributed by atoms with E-state index in [9.17, 15) is 9.59 Å². The van der Waals surface area contributed by atoms with Crippen molar-refractivity contribution < 1.29 is 51.7 Å². The van der Waals surface area contributed by atoms with Crippen LogP contribution >= 0.6 is 0 Å². The standard InChI is InChI=1S/2C27H46O.2C10H10O2.Ti/c2*1-18(2)7-6-8-19(3)23-11-12-24-22-10-9-20-17-21(28)13-15-26(20,4)25(22)14-16-27(23,24)5;2*1-8(11)7-10(12)9-5-3-2-4-6-9;/h2*9,18-19,21-25,28H,6-8,10-17H2,1-5H3;2*2-7,11H,1H3;/p+4/b;;2*8-7-;. The van der Waals surface area contributed by atoms with Crippen LogP contribution in [0.1, 0.15) is 235 Å². The molecule has 6 saturated carbocycles. The first-order chi connectivity index (χ1) is 37.9. The summed E-state index contributed by atoms with van der Waals surface area (Å²) in [6, 6.07) is 18.1. The molecule has 8 aliphatic carbocycles. The Hall–Kier alpha value is -3.03. The van der Waals surface area contributed by atoms with Gasteiger partial charge in [-0.1, -0.05) is 167 Å². The van der Waals surface area contributed by atoms with Gasteiger partial charge < -0.3 is 20.4 Å². The molecular formula is C74H116O6Ti+4. The molecule has 8 aliphatic rings. The largest absolute Gasteiger partial charge is 0.512 e. The average Bonchev–Trinajstić information content (AvgIpc) is 4.21. The second-order valence-corrected chi connectivity index (χ2v) is 29.5. The Labute approximate surface area is 508 Å². The third kappa shape index (κ3) is 15.9. The van der Waals surface area contributed by atoms with Gasteiger partial charge in [0.2, 0.25) is 0 Å². The predicted molar refractivity (Wildman–Crippen MR) is 339 cm³/mol. The van der Waals surface area contributed by atoms with Gasteiger partial charge in [0.05, 0.1) is 34.8 Å². The number of ketones is 2. The van der Waals surface area contributed by atoms with Gasteiger partial charge in [0.15, 0.2) is 12.2 Å². The van der Waals surface area contributed by atoms with E-state index in [-0.39, 0.29) is 57.0 Å². The minimum absolute atomic E-state index is 0. The van der Waals surface area contributed by atoms with Crippen LogP contribution in [-0.4, -0.2) is 53.8 Å². The Morgan fingerprint density at radius 1 is 0.519 bits per heavy atom. The van der Waals surface area contributed by atoms with Crippen LogP contribution < -0.4 is 0 Å². The first kappa shape index (κ1) is 67.1. The maximum atomic E-state index is 9.37. The number of rotatable bonds is 14. The van der Waals surface area contributed by atoms with Crippen molar-refractivity contribution in [2.75, 3.05) is 0 Å². The van der Waals surface area contributed by atoms with Crippen molar-refractivity contribution >= 4 is 11.6 Å². The van der Waals surface area contributed by atoms with Crippen LogP contribution in [0, 0.1) is 92.7 Å². The van der Waals surface area contributed by atoms with E-state index in [0.29, 0.717) is 32.8 Å². The van der Waals surface area contributed by atoms with Crippen LogP contribution in [-0.2, 0) is 21.7 Å². The van der Waals surface area contributed by atoms with Crippen molar-refractivity contribution in [3.63, 3.8) is 0 Å². The van der Waals surface area contributed by atoms with Crippen molar-refractivity contribution in [2.24, 2.45) is 92.7 Å². The Morgan fingerprint density at radius 3 is 1.21 bits per heavy atom. The molecule has 2 aromatic rings. The van der Waals surface area contributed by atoms with E-state index in [0.717, 1.165) is 96.7 Å². The first-order valence-electron chi connectivity index (χ1n) is 32.7. The Bertz CT molecular complexity index is 2280. The molecule has 0 aliphatic heterocycles. The van der Waals surface area contributed by atoms with Crippen LogP contribution in [0.15, 0.2) is 108 Å². The third-order valence-corrected chi connectivity index (χ3v) is 23.4. The molecule has 0 aromatic heterocycles. The monoisotopic (exact) mass is 1150 g/mol. The van der Waals surface area contributed by atoms with Gasteiger partial charge in [-0.25, -0.2) is 0 Å². The third-order valence-electron chi connectivity index (χ3n) is 23.4. The molecule has 2 aromatic carbocycles. The molecule has 0 radical (unpaired) electrons. The summed E-state index contributed by atoms with van der Waals surface area (Å²) in [6.45, 7) is 28.3. The number of aliphatic hydroxyl groups excluding tert-OH is 2. The zero-order valence-electron chi connectivity index (χ0n) is 53.0. The molecular weight excluding hydrogens is 1030 g/mol. The minimum Gasteiger partial charge on any atom is -0.512 e. The Morgan fingerprint density at radius 2 is 0.877 bits per heavy atom. The van der Waals surface area contributed by atoms with E-state index in [4.69, 9.17) is 20.4 Å². The zero-order valence-corrected chi connectivity index (χ0v) is 54.6. The molecule has 81 heavy (non-hydrogen) atoms. The van der Waals surface area contributed by atoms with Gasteiger partial charge in [-0.3, -0.25) is 9.59 Å². The van der Waals surface area contributed by atoms with E-state index in [1.54, 1.807) is 35.4 Å². The van der Waals surface area contributed by atoms with Crippen LogP contribution in [0.25, 0.3) is 0 Å². The van der Waals surface area contributed by atoms with E-state index in [2.05, 4.69) is 81.4 Å². The number of benzene rings is 2. The minimum atomic E-state index is 0. The molecule has 6 nitrogen and oxygen atoms in total. The van der Waals surface area contributed by atoms with Gasteiger partial charge in [0.25, 0.3) is 0 Å². The molecule has 0 heterocycles. The van der Waals surface area contributed by atoms with Crippen LogP contribution in [0.3, 0.4) is 0 Å². The molecule has 0 saturated heterocycles. The molecule has 0 amide bonds. The Balaban J connectivity index is 0.000000186. The topological polar surface area (TPSA) is 129 Å². The zero-order chi connectivity index (χ0) is 58.2. The summed E-state index contributed by atoms with van der Waals surface area (Å²) in [5.74, 6) is 11.4. The van der Waals surface area contributed by atoms with Crippen LogP contribution in [0.5, 0.6) is 0 Å². The fourth-order valence-corrected chi connectivity index (χ4v) is 19.2. The smallest absolute Gasteiger partial charge is 0.350 e. The summed E-state index contributed by atoms with van der Waals surface area (Å²) in [5, 5.41) is 34.3. The molecule has 448 valence electrons. The number of fused-ring (bicyclic) bond motifs is 10. The number of hydrogen-bond acceptors (Lipinski definition) is 2. The first-order valence-corrected chi connectivity index (χ1v) is 32.7. The molecule has 0 spiro atoms. The number of hydrogen-bond donors (Lipinski definition) is 2. The summed E-state index contributed by atoms with van der Waals surface area (Å²) in [6.07, 6.45) is 38.3. The normalized spacial score (nSPS) is 35.5. The van der Waals surface area contributed by atoms with Gasteiger partial charge in [0.1, 0.15) is 0 Å². The van der Waals surface area contributed by atoms with Crippen LogP contribution in [0.4, 0.5) is 0 Å². The van der Waals surface area contributed by atoms with Gasteiger partial charge in [-0.15, -0.1) is 0 Å². The molecule has 0 bridgehead atoms. The predicted octanol–water partition coefficient (Wildman–Crippen LogP) is 18.3. The summed E-state index contributed by atoms with van der Waals surface area (Å²) in [7, 11) is 0. The van der Waals surface area contributed by atoms with Gasteiger partial charge in [-0.2, -0.15) is 0 Å². The fourth-order valence-electron chi connectivity index (χ4n) is 19.2. The maximum absolute atomic E-state index is 9.37. The fraction of sp³-hybridized carbons (Fsp3) is 0.703. The summed E-state index contributed by atoms with van der Waals surface area (Å²) < 4.78 is 0. The summed E-state index contributed by atoms with van der Waals surface area (Å²) in [5.41, 5.74) is 6.84. The molecule has 7 heteroatoms. The average molecular weight is 1150 g/mol. The number of carbonyl (C=O) groups excluding carboxylic acids is 2. The van der Waals surface area contributed by atoms with E-state index >= 15 is 0 Å². The van der Waals surface area contributed by atoms with Gasteiger partial charge in [-0.05, 0) is 208 Å². The molecule has 16 unspecified atom stereocenters. The number of allylic oxidation sites excluding steroid dienone is 6. The number of aliphatic hydroxyl groups is 2. The molecule has 16 atom stereocenters. The maximum Gasteiger partial charge on any atom is 0.350 e. The summed E-state index contributed by atoms with van der Waals surface area (Å²) in [4.78, 5) is 18.7. The summed E-state index contributed by atoms with van der Waals surface area (Å²) >= 11 is 0. The van der Waals surface area contributed by atoms with Crippen molar-refractivity contribution in [2.45, 2.75) is 237 Å².